The molecule has 146 valence electrons. The molecule has 0 unspecified atom stereocenters. The Hall–Kier alpha value is -0.870. The lowest BCUT2D eigenvalue weighted by Gasteiger charge is -2.66. The molecule has 4 saturated carbocycles. The van der Waals surface area contributed by atoms with Gasteiger partial charge >= 0.3 is 5.97 Å². The molecule has 4 aliphatic carbocycles. The second-order valence-corrected chi connectivity index (χ2v) is 10.5. The van der Waals surface area contributed by atoms with Gasteiger partial charge in [-0.2, -0.15) is 0 Å². The molecule has 4 rings (SSSR count). The van der Waals surface area contributed by atoms with Gasteiger partial charge in [0, 0.05) is 23.7 Å². The summed E-state index contributed by atoms with van der Waals surface area (Å²) in [7, 11) is 0. The molecule has 0 heterocycles. The van der Waals surface area contributed by atoms with Crippen molar-refractivity contribution in [1.29, 1.82) is 0 Å². The molecule has 4 heteroatoms. The van der Waals surface area contributed by atoms with Crippen LogP contribution in [0.15, 0.2) is 12.2 Å². The number of aliphatic hydroxyl groups is 2. The monoisotopic (exact) mass is 362 g/mol. The summed E-state index contributed by atoms with van der Waals surface area (Å²) < 4.78 is 5.88. The second-order valence-electron chi connectivity index (χ2n) is 10.5. The number of fused-ring (bicyclic) bond motifs is 3. The Morgan fingerprint density at radius 1 is 1.15 bits per heavy atom. The van der Waals surface area contributed by atoms with E-state index in [1.165, 1.54) is 6.92 Å². The molecule has 4 aliphatic rings. The number of hydrogen-bond donors (Lipinski definition) is 2. The molecule has 0 radical (unpaired) electrons. The van der Waals surface area contributed by atoms with Crippen molar-refractivity contribution in [2.45, 2.75) is 84.5 Å². The minimum Gasteiger partial charge on any atom is -0.462 e. The number of hydrogen-bond acceptors (Lipinski definition) is 4. The highest BCUT2D eigenvalue weighted by molar-refractivity contribution is 5.66. The number of rotatable bonds is 1. The maximum Gasteiger partial charge on any atom is 0.302 e. The maximum atomic E-state index is 11.9. The molecule has 8 atom stereocenters. The average Bonchev–Trinajstić information content (AvgIpc) is 2.68. The fourth-order valence-corrected chi connectivity index (χ4v) is 7.97. The molecule has 26 heavy (non-hydrogen) atoms. The fraction of sp³-hybridized carbons (Fsp3) is 0.864. The Labute approximate surface area is 157 Å². The fourth-order valence-electron chi connectivity index (χ4n) is 7.97. The summed E-state index contributed by atoms with van der Waals surface area (Å²) in [5, 5.41) is 22.1. The zero-order valence-electron chi connectivity index (χ0n) is 16.6. The SMILES string of the molecule is C=C1C[C@@]23CC[C@@H]4C(C)(C)CC[C@H](OC(C)=O)[C@@]4(C)[C@@H]2C[C@@H](O)[C@@H]1[C@H]3O. The van der Waals surface area contributed by atoms with Crippen LogP contribution in [0.1, 0.15) is 66.2 Å². The van der Waals surface area contributed by atoms with Gasteiger partial charge < -0.3 is 14.9 Å². The van der Waals surface area contributed by atoms with E-state index in [1.54, 1.807) is 0 Å². The van der Waals surface area contributed by atoms with Crippen molar-refractivity contribution in [3.63, 3.8) is 0 Å². The molecule has 2 N–H and O–H groups in total. The number of ether oxygens (including phenoxy) is 1. The molecule has 2 bridgehead atoms. The van der Waals surface area contributed by atoms with Crippen LogP contribution in [-0.2, 0) is 9.53 Å². The predicted octanol–water partition coefficient (Wildman–Crippen LogP) is 3.46. The Morgan fingerprint density at radius 3 is 2.50 bits per heavy atom. The largest absolute Gasteiger partial charge is 0.462 e. The van der Waals surface area contributed by atoms with E-state index in [0.29, 0.717) is 12.3 Å². The first-order valence-corrected chi connectivity index (χ1v) is 10.2. The number of carbonyl (C=O) groups excluding carboxylic acids is 1. The van der Waals surface area contributed by atoms with Gasteiger partial charge in [-0.3, -0.25) is 4.79 Å². The van der Waals surface area contributed by atoms with Gasteiger partial charge in [0.2, 0.25) is 0 Å². The molecular formula is C22H34O4. The quantitative estimate of drug-likeness (QED) is 0.554. The first kappa shape index (κ1) is 18.5. The summed E-state index contributed by atoms with van der Waals surface area (Å²) in [4.78, 5) is 11.9. The molecule has 0 aromatic carbocycles. The van der Waals surface area contributed by atoms with Gasteiger partial charge in [-0.25, -0.2) is 0 Å². The molecular weight excluding hydrogens is 328 g/mol. The number of aliphatic hydroxyl groups excluding tert-OH is 2. The molecule has 0 amide bonds. The van der Waals surface area contributed by atoms with Crippen LogP contribution in [0.25, 0.3) is 0 Å². The van der Waals surface area contributed by atoms with Crippen molar-refractivity contribution in [3.05, 3.63) is 12.2 Å². The molecule has 4 nitrogen and oxygen atoms in total. The highest BCUT2D eigenvalue weighted by atomic mass is 16.5. The third-order valence-corrected chi connectivity index (χ3v) is 8.94. The number of esters is 1. The van der Waals surface area contributed by atoms with E-state index < -0.39 is 12.2 Å². The summed E-state index contributed by atoms with van der Waals surface area (Å²) in [5.74, 6) is 0.168. The van der Waals surface area contributed by atoms with Crippen LogP contribution in [0.5, 0.6) is 0 Å². The van der Waals surface area contributed by atoms with Gasteiger partial charge in [0.25, 0.3) is 0 Å². The maximum absolute atomic E-state index is 11.9. The highest BCUT2D eigenvalue weighted by Crippen LogP contribution is 2.72. The highest BCUT2D eigenvalue weighted by Gasteiger charge is 2.70. The van der Waals surface area contributed by atoms with Crippen LogP contribution < -0.4 is 0 Å². The third kappa shape index (κ3) is 2.18. The number of carbonyl (C=O) groups is 1. The first-order valence-electron chi connectivity index (χ1n) is 10.2. The van der Waals surface area contributed by atoms with Crippen molar-refractivity contribution in [3.8, 4) is 0 Å². The standard InChI is InChI=1S/C22H34O4/c1-12-11-22-9-6-15-20(3,4)8-7-17(26-13(2)23)21(15,5)16(22)10-14(24)18(12)19(22)25/h14-19,24-25H,1,6-11H2,2-5H3/t14-,15-,16+,17+,18-,19-,21-,22+/m1/s1. The molecule has 4 fully saturated rings. The minimum atomic E-state index is -0.545. The molecule has 0 aliphatic heterocycles. The third-order valence-electron chi connectivity index (χ3n) is 8.94. The van der Waals surface area contributed by atoms with Crippen molar-refractivity contribution in [2.75, 3.05) is 0 Å². The Morgan fingerprint density at radius 2 is 1.85 bits per heavy atom. The van der Waals surface area contributed by atoms with Gasteiger partial charge in [0.05, 0.1) is 12.2 Å². The normalized spacial score (nSPS) is 52.2. The van der Waals surface area contributed by atoms with E-state index in [0.717, 1.165) is 37.7 Å². The zero-order chi connectivity index (χ0) is 19.1. The van der Waals surface area contributed by atoms with Gasteiger partial charge in [-0.1, -0.05) is 32.9 Å². The van der Waals surface area contributed by atoms with E-state index in [1.807, 2.05) is 0 Å². The van der Waals surface area contributed by atoms with Crippen LogP contribution in [0, 0.1) is 34.0 Å². The smallest absolute Gasteiger partial charge is 0.302 e. The Balaban J connectivity index is 1.83. The van der Waals surface area contributed by atoms with Crippen LogP contribution in [-0.4, -0.2) is 34.5 Å². The summed E-state index contributed by atoms with van der Waals surface area (Å²) >= 11 is 0. The minimum absolute atomic E-state index is 0.134. The van der Waals surface area contributed by atoms with Gasteiger partial charge in [-0.05, 0) is 55.8 Å². The second kappa shape index (κ2) is 5.57. The Bertz CT molecular complexity index is 640. The van der Waals surface area contributed by atoms with Crippen LogP contribution in [0.2, 0.25) is 0 Å². The predicted molar refractivity (Wildman–Crippen MR) is 99.2 cm³/mol. The van der Waals surface area contributed by atoms with Crippen LogP contribution in [0.3, 0.4) is 0 Å². The summed E-state index contributed by atoms with van der Waals surface area (Å²) in [6.45, 7) is 12.6. The van der Waals surface area contributed by atoms with Crippen LogP contribution >= 0.6 is 0 Å². The van der Waals surface area contributed by atoms with Crippen molar-refractivity contribution < 1.29 is 19.7 Å². The van der Waals surface area contributed by atoms with Gasteiger partial charge in [0.1, 0.15) is 6.10 Å². The van der Waals surface area contributed by atoms with E-state index >= 15 is 0 Å². The average molecular weight is 363 g/mol. The van der Waals surface area contributed by atoms with Crippen LogP contribution in [0.4, 0.5) is 0 Å². The lowest BCUT2D eigenvalue weighted by Crippen LogP contribution is -2.66. The van der Waals surface area contributed by atoms with Gasteiger partial charge in [-0.15, -0.1) is 0 Å². The van der Waals surface area contributed by atoms with E-state index in [-0.39, 0.29) is 40.2 Å². The van der Waals surface area contributed by atoms with E-state index in [4.69, 9.17) is 4.74 Å². The summed E-state index contributed by atoms with van der Waals surface area (Å²) in [6, 6.07) is 0. The van der Waals surface area contributed by atoms with Crippen molar-refractivity contribution in [1.82, 2.24) is 0 Å². The molecule has 1 spiro atoms. The summed E-state index contributed by atoms with van der Waals surface area (Å²) in [5.41, 5.74) is 0.755. The van der Waals surface area contributed by atoms with Crippen molar-refractivity contribution in [2.24, 2.45) is 34.0 Å². The topological polar surface area (TPSA) is 66.8 Å². The van der Waals surface area contributed by atoms with Crippen molar-refractivity contribution >= 4 is 5.97 Å². The Kier molecular flexibility index (Phi) is 3.96. The molecule has 0 aromatic rings. The first-order chi connectivity index (χ1) is 12.0. The lowest BCUT2D eigenvalue weighted by atomic mass is 9.40. The summed E-state index contributed by atoms with van der Waals surface area (Å²) in [6.07, 6.45) is 4.22. The van der Waals surface area contributed by atoms with E-state index in [2.05, 4.69) is 27.4 Å². The molecule has 0 saturated heterocycles. The zero-order valence-corrected chi connectivity index (χ0v) is 16.6. The van der Waals surface area contributed by atoms with Gasteiger partial charge in [0.15, 0.2) is 0 Å². The lowest BCUT2D eigenvalue weighted by molar-refractivity contribution is -0.241. The van der Waals surface area contributed by atoms with E-state index in [9.17, 15) is 15.0 Å². The molecule has 0 aromatic heterocycles.